The second-order valence-electron chi connectivity index (χ2n) is 5.18. The Bertz CT molecular complexity index is 1010. The number of ether oxygens (including phenoxy) is 1. The fourth-order valence-corrected chi connectivity index (χ4v) is 2.51. The van der Waals surface area contributed by atoms with Crippen molar-refractivity contribution in [2.45, 2.75) is 6.92 Å². The highest BCUT2D eigenvalue weighted by atomic mass is 32.1. The monoisotopic (exact) mass is 369 g/mol. The van der Waals surface area contributed by atoms with E-state index in [1.165, 1.54) is 17.0 Å². The van der Waals surface area contributed by atoms with Crippen LogP contribution in [0.3, 0.4) is 0 Å². The van der Waals surface area contributed by atoms with Gasteiger partial charge in [0.05, 0.1) is 23.3 Å². The van der Waals surface area contributed by atoms with E-state index in [4.69, 9.17) is 17.0 Å². The number of nitrogens with one attached hydrogen (secondary N) is 1. The quantitative estimate of drug-likeness (QED) is 0.308. The number of para-hydroxylation sites is 1. The van der Waals surface area contributed by atoms with E-state index in [-0.39, 0.29) is 10.5 Å². The summed E-state index contributed by atoms with van der Waals surface area (Å²) in [5.74, 6) is 1.24. The average molecular weight is 369 g/mol. The standard InChI is InChI=1S/C17H15N5O3S/c1-2-25-14-9-7-12(8-10-14)16-19-20-17(26)21(16)18-11-13-5-3-4-6-15(13)22(23)24/h3-11H,2H2,1H3,(H,20,26)/b18-11+. The first-order valence-electron chi connectivity index (χ1n) is 7.78. The minimum atomic E-state index is -0.455. The molecule has 1 heterocycles. The van der Waals surface area contributed by atoms with E-state index in [0.717, 1.165) is 11.3 Å². The Labute approximate surface area is 153 Å². The van der Waals surface area contributed by atoms with Gasteiger partial charge in [-0.25, -0.2) is 5.10 Å². The molecular weight excluding hydrogens is 354 g/mol. The van der Waals surface area contributed by atoms with Crippen LogP contribution in [0.5, 0.6) is 5.75 Å². The van der Waals surface area contributed by atoms with Crippen LogP contribution < -0.4 is 4.74 Å². The van der Waals surface area contributed by atoms with Gasteiger partial charge in [-0.05, 0) is 49.5 Å². The van der Waals surface area contributed by atoms with Crippen molar-refractivity contribution in [3.05, 3.63) is 69.0 Å². The van der Waals surface area contributed by atoms with E-state index in [1.807, 2.05) is 31.2 Å². The van der Waals surface area contributed by atoms with Crippen molar-refractivity contribution in [2.75, 3.05) is 6.61 Å². The Morgan fingerprint density at radius 3 is 2.73 bits per heavy atom. The summed E-state index contributed by atoms with van der Waals surface area (Å²) < 4.78 is 7.12. The largest absolute Gasteiger partial charge is 0.494 e. The maximum atomic E-state index is 11.1. The van der Waals surface area contributed by atoms with Gasteiger partial charge in [0, 0.05) is 11.6 Å². The molecule has 3 aromatic rings. The topological polar surface area (TPSA) is 98.3 Å². The number of hydrogen-bond acceptors (Lipinski definition) is 6. The van der Waals surface area contributed by atoms with E-state index >= 15 is 0 Å². The minimum absolute atomic E-state index is 0.0334. The molecule has 1 N–H and O–H groups in total. The van der Waals surface area contributed by atoms with Crippen molar-refractivity contribution in [1.82, 2.24) is 14.9 Å². The molecule has 0 unspecified atom stereocenters. The third-order valence-electron chi connectivity index (χ3n) is 3.52. The highest BCUT2D eigenvalue weighted by Crippen LogP contribution is 2.21. The van der Waals surface area contributed by atoms with Crippen molar-refractivity contribution < 1.29 is 9.66 Å². The molecule has 132 valence electrons. The first kappa shape index (κ1) is 17.5. The average Bonchev–Trinajstić information content (AvgIpc) is 3.01. The fourth-order valence-electron chi connectivity index (χ4n) is 2.34. The molecule has 8 nitrogen and oxygen atoms in total. The van der Waals surface area contributed by atoms with Crippen molar-refractivity contribution in [3.8, 4) is 17.1 Å². The van der Waals surface area contributed by atoms with Crippen LogP contribution in [-0.4, -0.2) is 32.6 Å². The molecule has 0 aliphatic carbocycles. The second kappa shape index (κ2) is 7.70. The number of hydrogen-bond donors (Lipinski definition) is 1. The molecule has 0 atom stereocenters. The zero-order valence-electron chi connectivity index (χ0n) is 13.8. The third-order valence-corrected chi connectivity index (χ3v) is 3.78. The van der Waals surface area contributed by atoms with Crippen molar-refractivity contribution >= 4 is 24.1 Å². The molecule has 3 rings (SSSR count). The summed E-state index contributed by atoms with van der Waals surface area (Å²) in [6, 6.07) is 13.7. The highest BCUT2D eigenvalue weighted by Gasteiger charge is 2.12. The number of nitrogens with zero attached hydrogens (tertiary/aromatic N) is 4. The van der Waals surface area contributed by atoms with E-state index in [2.05, 4.69) is 15.3 Å². The number of H-pyrrole nitrogens is 1. The Morgan fingerprint density at radius 1 is 1.31 bits per heavy atom. The van der Waals surface area contributed by atoms with Crippen LogP contribution in [0.4, 0.5) is 5.69 Å². The lowest BCUT2D eigenvalue weighted by Crippen LogP contribution is -1.98. The van der Waals surface area contributed by atoms with Gasteiger partial charge in [0.1, 0.15) is 5.75 Å². The van der Waals surface area contributed by atoms with Gasteiger partial charge < -0.3 is 4.74 Å². The predicted molar refractivity (Wildman–Crippen MR) is 100 cm³/mol. The lowest BCUT2D eigenvalue weighted by molar-refractivity contribution is -0.385. The van der Waals surface area contributed by atoms with Gasteiger partial charge in [-0.3, -0.25) is 10.1 Å². The maximum Gasteiger partial charge on any atom is 0.278 e. The van der Waals surface area contributed by atoms with Crippen LogP contribution in [0.2, 0.25) is 0 Å². The highest BCUT2D eigenvalue weighted by molar-refractivity contribution is 7.71. The Morgan fingerprint density at radius 2 is 2.04 bits per heavy atom. The summed E-state index contributed by atoms with van der Waals surface area (Å²) in [5, 5.41) is 22.3. The van der Waals surface area contributed by atoms with E-state index in [0.29, 0.717) is 18.0 Å². The summed E-state index contributed by atoms with van der Waals surface area (Å²) >= 11 is 5.21. The van der Waals surface area contributed by atoms with Gasteiger partial charge in [-0.15, -0.1) is 0 Å². The molecule has 0 spiro atoms. The van der Waals surface area contributed by atoms with Gasteiger partial charge >= 0.3 is 0 Å². The lowest BCUT2D eigenvalue weighted by Gasteiger charge is -2.04. The first-order valence-corrected chi connectivity index (χ1v) is 8.19. The third kappa shape index (κ3) is 3.67. The molecule has 9 heteroatoms. The molecule has 0 saturated carbocycles. The molecule has 0 saturated heterocycles. The van der Waals surface area contributed by atoms with Crippen LogP contribution >= 0.6 is 12.2 Å². The molecule has 0 fully saturated rings. The summed E-state index contributed by atoms with van der Waals surface area (Å²) in [6.07, 6.45) is 1.39. The Balaban J connectivity index is 1.96. The molecule has 1 aromatic heterocycles. The zero-order valence-corrected chi connectivity index (χ0v) is 14.6. The minimum Gasteiger partial charge on any atom is -0.494 e. The molecule has 0 aliphatic rings. The summed E-state index contributed by atoms with van der Waals surface area (Å²) in [4.78, 5) is 10.7. The molecule has 26 heavy (non-hydrogen) atoms. The van der Waals surface area contributed by atoms with E-state index in [9.17, 15) is 10.1 Å². The van der Waals surface area contributed by atoms with Gasteiger partial charge in [-0.1, -0.05) is 12.1 Å². The maximum absolute atomic E-state index is 11.1. The summed E-state index contributed by atoms with van der Waals surface area (Å²) in [7, 11) is 0. The molecule has 0 amide bonds. The molecule has 0 radical (unpaired) electrons. The van der Waals surface area contributed by atoms with Crippen LogP contribution in [0, 0.1) is 14.9 Å². The van der Waals surface area contributed by atoms with E-state index in [1.54, 1.807) is 18.2 Å². The fraction of sp³-hybridized carbons (Fsp3) is 0.118. The SMILES string of the molecule is CCOc1ccc(-c2n[nH]c(=S)n2/N=C/c2ccccc2[N+](=O)[O-])cc1. The van der Waals surface area contributed by atoms with Crippen LogP contribution in [0.25, 0.3) is 11.4 Å². The van der Waals surface area contributed by atoms with Gasteiger partial charge in [0.15, 0.2) is 5.82 Å². The number of benzene rings is 2. The molecule has 0 bridgehead atoms. The predicted octanol–water partition coefficient (Wildman–Crippen LogP) is 3.80. The van der Waals surface area contributed by atoms with Gasteiger partial charge in [-0.2, -0.15) is 14.9 Å². The van der Waals surface area contributed by atoms with Crippen LogP contribution in [0.1, 0.15) is 12.5 Å². The van der Waals surface area contributed by atoms with Crippen molar-refractivity contribution in [1.29, 1.82) is 0 Å². The smallest absolute Gasteiger partial charge is 0.278 e. The number of nitro groups is 1. The summed E-state index contributed by atoms with van der Waals surface area (Å²) in [5.41, 5.74) is 1.12. The number of aromatic amines is 1. The molecular formula is C17H15N5O3S. The Kier molecular flexibility index (Phi) is 5.18. The number of rotatable bonds is 6. The first-order chi connectivity index (χ1) is 12.6. The van der Waals surface area contributed by atoms with Crippen LogP contribution in [-0.2, 0) is 0 Å². The molecule has 2 aromatic carbocycles. The summed E-state index contributed by atoms with van der Waals surface area (Å²) in [6.45, 7) is 2.49. The number of aromatic nitrogens is 3. The van der Waals surface area contributed by atoms with Crippen molar-refractivity contribution in [3.63, 3.8) is 0 Å². The van der Waals surface area contributed by atoms with Crippen LogP contribution in [0.15, 0.2) is 53.6 Å². The number of nitro benzene ring substituents is 1. The van der Waals surface area contributed by atoms with E-state index < -0.39 is 4.92 Å². The van der Waals surface area contributed by atoms with Gasteiger partial charge in [0.25, 0.3) is 5.69 Å². The zero-order chi connectivity index (χ0) is 18.5. The Hall–Kier alpha value is -3.33. The normalized spacial score (nSPS) is 11.0. The second-order valence-corrected chi connectivity index (χ2v) is 5.57. The van der Waals surface area contributed by atoms with Gasteiger partial charge in [0.2, 0.25) is 4.77 Å². The molecule has 0 aliphatic heterocycles. The van der Waals surface area contributed by atoms with Crippen molar-refractivity contribution in [2.24, 2.45) is 5.10 Å². The lowest BCUT2D eigenvalue weighted by atomic mass is 10.2.